The van der Waals surface area contributed by atoms with Crippen molar-refractivity contribution in [3.05, 3.63) is 35.9 Å². The molecule has 1 aromatic rings. The van der Waals surface area contributed by atoms with Gasteiger partial charge in [0.15, 0.2) is 6.61 Å². The van der Waals surface area contributed by atoms with Crippen LogP contribution in [-0.4, -0.2) is 38.2 Å². The standard InChI is InChI=1S/C15H14F3NO3/c1-3-9-22-14(20)13(15(16,17)18)19-12(10-21-2)11-7-5-4-6-8-11/h1,4-8,12H,9-10H2,2H3/t12-/m0/s1. The molecule has 118 valence electrons. The molecule has 0 amide bonds. The van der Waals surface area contributed by atoms with E-state index in [-0.39, 0.29) is 6.61 Å². The lowest BCUT2D eigenvalue weighted by atomic mass is 10.1. The molecule has 7 heteroatoms. The fourth-order valence-electron chi connectivity index (χ4n) is 1.61. The van der Waals surface area contributed by atoms with E-state index in [2.05, 4.69) is 9.73 Å². The molecule has 0 aliphatic rings. The molecular weight excluding hydrogens is 299 g/mol. The van der Waals surface area contributed by atoms with Gasteiger partial charge in [0.25, 0.3) is 0 Å². The summed E-state index contributed by atoms with van der Waals surface area (Å²) in [4.78, 5) is 15.0. The number of nitrogens with zero attached hydrogens (tertiary/aromatic N) is 1. The number of benzene rings is 1. The topological polar surface area (TPSA) is 47.9 Å². The Bertz CT molecular complexity index is 562. The van der Waals surface area contributed by atoms with Gasteiger partial charge in [0, 0.05) is 7.11 Å². The maximum absolute atomic E-state index is 13.0. The SMILES string of the molecule is C#CCOC(=O)C(=N[C@@H](COC)c1ccccc1)C(F)(F)F. The fourth-order valence-corrected chi connectivity index (χ4v) is 1.61. The second-order valence-electron chi connectivity index (χ2n) is 4.14. The molecular formula is C15H14F3NO3. The molecule has 0 saturated carbocycles. The summed E-state index contributed by atoms with van der Waals surface area (Å²) in [6, 6.07) is 7.21. The predicted octanol–water partition coefficient (Wildman–Crippen LogP) is 2.55. The molecule has 0 aliphatic heterocycles. The highest BCUT2D eigenvalue weighted by atomic mass is 19.4. The zero-order valence-electron chi connectivity index (χ0n) is 11.8. The van der Waals surface area contributed by atoms with Crippen LogP contribution in [0.4, 0.5) is 13.2 Å². The third-order valence-corrected chi connectivity index (χ3v) is 2.54. The van der Waals surface area contributed by atoms with E-state index in [1.165, 1.54) is 7.11 Å². The van der Waals surface area contributed by atoms with Crippen molar-refractivity contribution in [2.45, 2.75) is 12.2 Å². The van der Waals surface area contributed by atoms with E-state index in [0.29, 0.717) is 5.56 Å². The van der Waals surface area contributed by atoms with Gasteiger partial charge >= 0.3 is 12.1 Å². The van der Waals surface area contributed by atoms with Crippen LogP contribution >= 0.6 is 0 Å². The van der Waals surface area contributed by atoms with Crippen molar-refractivity contribution in [2.75, 3.05) is 20.3 Å². The lowest BCUT2D eigenvalue weighted by molar-refractivity contribution is -0.138. The Hall–Kier alpha value is -2.33. The lowest BCUT2D eigenvalue weighted by Crippen LogP contribution is -2.34. The first-order valence-electron chi connectivity index (χ1n) is 6.19. The number of methoxy groups -OCH3 is 1. The first-order valence-corrected chi connectivity index (χ1v) is 6.19. The summed E-state index contributed by atoms with van der Waals surface area (Å²) in [6.45, 7) is -0.680. The van der Waals surface area contributed by atoms with Crippen LogP contribution in [-0.2, 0) is 14.3 Å². The van der Waals surface area contributed by atoms with Crippen LogP contribution in [0.25, 0.3) is 0 Å². The summed E-state index contributed by atoms with van der Waals surface area (Å²) < 4.78 is 48.2. The number of aliphatic imine (C=N–C) groups is 1. The number of alkyl halides is 3. The molecule has 0 radical (unpaired) electrons. The highest BCUT2D eigenvalue weighted by Gasteiger charge is 2.42. The zero-order valence-corrected chi connectivity index (χ0v) is 11.8. The number of hydrogen-bond acceptors (Lipinski definition) is 4. The number of esters is 1. The molecule has 0 aromatic heterocycles. The van der Waals surface area contributed by atoms with Gasteiger partial charge in [-0.1, -0.05) is 36.3 Å². The third kappa shape index (κ3) is 5.22. The summed E-state index contributed by atoms with van der Waals surface area (Å²) >= 11 is 0. The highest BCUT2D eigenvalue weighted by molar-refractivity contribution is 6.38. The van der Waals surface area contributed by atoms with Crippen molar-refractivity contribution < 1.29 is 27.4 Å². The molecule has 4 nitrogen and oxygen atoms in total. The fraction of sp³-hybridized carbons (Fsp3) is 0.333. The minimum absolute atomic E-state index is 0.119. The van der Waals surface area contributed by atoms with E-state index in [4.69, 9.17) is 11.2 Å². The molecule has 0 bridgehead atoms. The van der Waals surface area contributed by atoms with E-state index in [1.54, 1.807) is 30.3 Å². The monoisotopic (exact) mass is 313 g/mol. The molecule has 0 N–H and O–H groups in total. The van der Waals surface area contributed by atoms with Gasteiger partial charge in [-0.3, -0.25) is 4.99 Å². The van der Waals surface area contributed by atoms with Crippen LogP contribution in [0.15, 0.2) is 35.3 Å². The molecule has 0 spiro atoms. The Labute approximate surface area is 125 Å². The summed E-state index contributed by atoms with van der Waals surface area (Å²) in [5, 5.41) is 0. The number of ether oxygens (including phenoxy) is 2. The largest absolute Gasteiger partial charge is 0.448 e. The summed E-state index contributed by atoms with van der Waals surface area (Å²) in [5.41, 5.74) is -1.16. The van der Waals surface area contributed by atoms with Gasteiger partial charge in [-0.15, -0.1) is 6.42 Å². The number of hydrogen-bond donors (Lipinski definition) is 0. The molecule has 22 heavy (non-hydrogen) atoms. The lowest BCUT2D eigenvalue weighted by Gasteiger charge is -2.15. The van der Waals surface area contributed by atoms with Crippen molar-refractivity contribution >= 4 is 11.7 Å². The second kappa shape index (κ2) is 8.20. The Balaban J connectivity index is 3.16. The quantitative estimate of drug-likeness (QED) is 0.461. The molecule has 1 rings (SSSR count). The molecule has 0 saturated heterocycles. The summed E-state index contributed by atoms with van der Waals surface area (Å²) in [6.07, 6.45) is -0.0942. The number of carbonyl (C=O) groups is 1. The maximum Gasteiger partial charge on any atom is 0.440 e. The third-order valence-electron chi connectivity index (χ3n) is 2.54. The first kappa shape index (κ1) is 17.7. The van der Waals surface area contributed by atoms with E-state index in [0.717, 1.165) is 0 Å². The smallest absolute Gasteiger partial charge is 0.440 e. The minimum atomic E-state index is -4.95. The van der Waals surface area contributed by atoms with Crippen molar-refractivity contribution in [1.29, 1.82) is 0 Å². The number of terminal acetylenes is 1. The highest BCUT2D eigenvalue weighted by Crippen LogP contribution is 2.24. The molecule has 1 aromatic carbocycles. The number of halogens is 3. The van der Waals surface area contributed by atoms with E-state index >= 15 is 0 Å². The Morgan fingerprint density at radius 2 is 2.00 bits per heavy atom. The summed E-state index contributed by atoms with van der Waals surface area (Å²) in [7, 11) is 1.33. The molecule has 0 unspecified atom stereocenters. The zero-order chi connectivity index (χ0) is 16.6. The second-order valence-corrected chi connectivity index (χ2v) is 4.14. The number of carbonyl (C=O) groups excluding carboxylic acids is 1. The van der Waals surface area contributed by atoms with Crippen molar-refractivity contribution in [1.82, 2.24) is 0 Å². The van der Waals surface area contributed by atoms with Crippen LogP contribution in [0.5, 0.6) is 0 Å². The van der Waals surface area contributed by atoms with Crippen molar-refractivity contribution in [3.8, 4) is 12.3 Å². The van der Waals surface area contributed by atoms with E-state index in [9.17, 15) is 18.0 Å². The van der Waals surface area contributed by atoms with Gasteiger partial charge in [-0.2, -0.15) is 13.2 Å². The minimum Gasteiger partial charge on any atom is -0.448 e. The van der Waals surface area contributed by atoms with Crippen LogP contribution in [0, 0.1) is 12.3 Å². The van der Waals surface area contributed by atoms with Crippen LogP contribution in [0.1, 0.15) is 11.6 Å². The van der Waals surface area contributed by atoms with Gasteiger partial charge < -0.3 is 9.47 Å². The number of rotatable bonds is 6. The Kier molecular flexibility index (Phi) is 6.60. The van der Waals surface area contributed by atoms with E-state index in [1.807, 2.05) is 5.92 Å². The van der Waals surface area contributed by atoms with Gasteiger partial charge in [-0.05, 0) is 5.56 Å². The normalized spacial score (nSPS) is 13.3. The Morgan fingerprint density at radius 3 is 2.50 bits per heavy atom. The average molecular weight is 313 g/mol. The molecule has 0 fully saturated rings. The first-order chi connectivity index (χ1) is 10.4. The predicted molar refractivity (Wildman–Crippen MR) is 74.3 cm³/mol. The van der Waals surface area contributed by atoms with Gasteiger partial charge in [-0.25, -0.2) is 4.79 Å². The van der Waals surface area contributed by atoms with Gasteiger partial charge in [0.05, 0.1) is 12.6 Å². The molecule has 0 aliphatic carbocycles. The van der Waals surface area contributed by atoms with Gasteiger partial charge in [0.1, 0.15) is 0 Å². The molecule has 1 atom stereocenters. The van der Waals surface area contributed by atoms with Crippen LogP contribution < -0.4 is 0 Å². The maximum atomic E-state index is 13.0. The van der Waals surface area contributed by atoms with E-state index < -0.39 is 30.5 Å². The van der Waals surface area contributed by atoms with Crippen LogP contribution in [0.2, 0.25) is 0 Å². The van der Waals surface area contributed by atoms with Gasteiger partial charge in [0.2, 0.25) is 5.71 Å². The average Bonchev–Trinajstić information content (AvgIpc) is 2.48. The Morgan fingerprint density at radius 1 is 1.36 bits per heavy atom. The molecule has 0 heterocycles. The van der Waals surface area contributed by atoms with Crippen molar-refractivity contribution in [3.63, 3.8) is 0 Å². The van der Waals surface area contributed by atoms with Crippen molar-refractivity contribution in [2.24, 2.45) is 4.99 Å². The summed E-state index contributed by atoms with van der Waals surface area (Å²) in [5.74, 6) is 0.316. The van der Waals surface area contributed by atoms with Crippen LogP contribution in [0.3, 0.4) is 0 Å².